The SMILES string of the molecule is CC1=NN(c2ccccc2)C(=O)[C@]12[C@@H](c1ccc(C)cc1)CC(=O)C[C@@H]2c1ccc(F)cc1. The smallest absolute Gasteiger partial charge is 0.260 e. The van der Waals surface area contributed by atoms with Gasteiger partial charge in [0, 0.05) is 24.7 Å². The highest BCUT2D eigenvalue weighted by Gasteiger charge is 2.62. The molecule has 0 radical (unpaired) electrons. The summed E-state index contributed by atoms with van der Waals surface area (Å²) in [6.45, 7) is 3.89. The first-order valence-corrected chi connectivity index (χ1v) is 11.2. The van der Waals surface area contributed by atoms with Crippen LogP contribution in [0.4, 0.5) is 10.1 Å². The van der Waals surface area contributed by atoms with Crippen LogP contribution in [0.2, 0.25) is 0 Å². The molecule has 3 atom stereocenters. The third-order valence-electron chi connectivity index (χ3n) is 7.11. The minimum Gasteiger partial charge on any atom is -0.300 e. The van der Waals surface area contributed by atoms with Crippen molar-refractivity contribution in [2.24, 2.45) is 10.5 Å². The van der Waals surface area contributed by atoms with E-state index in [4.69, 9.17) is 5.10 Å². The molecular weight excluding hydrogens is 415 g/mol. The van der Waals surface area contributed by atoms with Gasteiger partial charge in [-0.25, -0.2) is 4.39 Å². The van der Waals surface area contributed by atoms with Gasteiger partial charge in [0.2, 0.25) is 0 Å². The van der Waals surface area contributed by atoms with E-state index in [0.29, 0.717) is 11.4 Å². The number of rotatable bonds is 3. The van der Waals surface area contributed by atoms with Crippen molar-refractivity contribution in [1.29, 1.82) is 0 Å². The maximum atomic E-state index is 14.3. The number of hydrogen-bond acceptors (Lipinski definition) is 3. The highest BCUT2D eigenvalue weighted by atomic mass is 19.1. The monoisotopic (exact) mass is 440 g/mol. The van der Waals surface area contributed by atoms with Crippen LogP contribution in [0, 0.1) is 18.2 Å². The maximum Gasteiger partial charge on any atom is 0.260 e. The first-order valence-electron chi connectivity index (χ1n) is 11.2. The van der Waals surface area contributed by atoms with E-state index in [2.05, 4.69) is 0 Å². The zero-order chi connectivity index (χ0) is 23.2. The number of ketones is 1. The van der Waals surface area contributed by atoms with Crippen molar-refractivity contribution in [3.05, 3.63) is 101 Å². The molecule has 1 fully saturated rings. The van der Waals surface area contributed by atoms with Crippen molar-refractivity contribution < 1.29 is 14.0 Å². The molecule has 0 aromatic heterocycles. The van der Waals surface area contributed by atoms with Crippen molar-refractivity contribution in [1.82, 2.24) is 0 Å². The predicted octanol–water partition coefficient (Wildman–Crippen LogP) is 5.77. The van der Waals surface area contributed by atoms with Crippen LogP contribution in [-0.4, -0.2) is 17.4 Å². The average molecular weight is 441 g/mol. The van der Waals surface area contributed by atoms with Crippen LogP contribution >= 0.6 is 0 Å². The van der Waals surface area contributed by atoms with E-state index in [1.165, 1.54) is 17.1 Å². The molecule has 5 rings (SSSR count). The molecule has 4 nitrogen and oxygen atoms in total. The number of anilines is 1. The van der Waals surface area contributed by atoms with Crippen molar-refractivity contribution in [3.63, 3.8) is 0 Å². The molecule has 1 aliphatic carbocycles. The van der Waals surface area contributed by atoms with Gasteiger partial charge in [-0.3, -0.25) is 9.59 Å². The number of amides is 1. The van der Waals surface area contributed by atoms with E-state index in [1.54, 1.807) is 12.1 Å². The molecule has 2 aliphatic rings. The average Bonchev–Trinajstić information content (AvgIpc) is 3.08. The maximum absolute atomic E-state index is 14.3. The van der Waals surface area contributed by atoms with Gasteiger partial charge in [-0.1, -0.05) is 60.2 Å². The summed E-state index contributed by atoms with van der Waals surface area (Å²) in [7, 11) is 0. The number of carbonyl (C=O) groups excluding carboxylic acids is 2. The molecule has 0 N–H and O–H groups in total. The van der Waals surface area contributed by atoms with Crippen molar-refractivity contribution in [2.75, 3.05) is 5.01 Å². The molecule has 33 heavy (non-hydrogen) atoms. The number of hydrazone groups is 1. The molecule has 0 unspecified atom stereocenters. The lowest BCUT2D eigenvalue weighted by atomic mass is 9.54. The molecule has 5 heteroatoms. The number of benzene rings is 3. The Kier molecular flexibility index (Phi) is 5.20. The van der Waals surface area contributed by atoms with Crippen LogP contribution in [0.3, 0.4) is 0 Å². The minimum atomic E-state index is -1.03. The second kappa shape index (κ2) is 8.07. The second-order valence-electron chi connectivity index (χ2n) is 9.02. The lowest BCUT2D eigenvalue weighted by Gasteiger charge is -2.45. The molecule has 1 spiro atoms. The van der Waals surface area contributed by atoms with Crippen LogP contribution in [0.1, 0.15) is 48.3 Å². The Bertz CT molecular complexity index is 1180. The number of aryl methyl sites for hydroxylation is 1. The van der Waals surface area contributed by atoms with E-state index < -0.39 is 11.3 Å². The highest BCUT2D eigenvalue weighted by molar-refractivity contribution is 6.21. The summed E-state index contributed by atoms with van der Waals surface area (Å²) < 4.78 is 13.7. The lowest BCUT2D eigenvalue weighted by molar-refractivity contribution is -0.131. The van der Waals surface area contributed by atoms with Crippen molar-refractivity contribution >= 4 is 23.1 Å². The van der Waals surface area contributed by atoms with Gasteiger partial charge >= 0.3 is 0 Å². The summed E-state index contributed by atoms with van der Waals surface area (Å²) in [6, 6.07) is 23.6. The number of hydrogen-bond donors (Lipinski definition) is 0. The molecular formula is C28H25FN2O2. The van der Waals surface area contributed by atoms with E-state index in [-0.39, 0.29) is 36.3 Å². The Morgan fingerprint density at radius 1 is 0.818 bits per heavy atom. The van der Waals surface area contributed by atoms with E-state index in [9.17, 15) is 14.0 Å². The molecule has 1 saturated carbocycles. The van der Waals surface area contributed by atoms with Gasteiger partial charge in [0.1, 0.15) is 17.0 Å². The predicted molar refractivity (Wildman–Crippen MR) is 127 cm³/mol. The topological polar surface area (TPSA) is 49.7 Å². The Hall–Kier alpha value is -3.60. The number of nitrogens with zero attached hydrogens (tertiary/aromatic N) is 2. The van der Waals surface area contributed by atoms with Crippen LogP contribution in [0.15, 0.2) is 84.0 Å². The summed E-state index contributed by atoms with van der Waals surface area (Å²) in [5.41, 5.74) is 3.17. The molecule has 0 saturated heterocycles. The number of Topliss-reactive ketones (excluding diaryl/α,β-unsaturated/α-hetero) is 1. The standard InChI is InChI=1S/C28H25FN2O2/c1-18-8-10-20(11-9-18)25-16-24(32)17-26(21-12-14-22(29)15-13-21)28(25)19(2)30-31(27(28)33)23-6-4-3-5-7-23/h3-15,25-26H,16-17H2,1-2H3/t25-,26-,28+/m1/s1. The first kappa shape index (κ1) is 21.3. The first-order chi connectivity index (χ1) is 15.9. The zero-order valence-electron chi connectivity index (χ0n) is 18.7. The zero-order valence-corrected chi connectivity index (χ0v) is 18.7. The Morgan fingerprint density at radius 2 is 1.36 bits per heavy atom. The normalized spacial score (nSPS) is 24.9. The van der Waals surface area contributed by atoms with Gasteiger partial charge < -0.3 is 0 Å². The van der Waals surface area contributed by atoms with Crippen LogP contribution in [-0.2, 0) is 9.59 Å². The molecule has 0 bridgehead atoms. The molecule has 166 valence electrons. The van der Waals surface area contributed by atoms with Gasteiger partial charge in [-0.2, -0.15) is 10.1 Å². The van der Waals surface area contributed by atoms with Crippen LogP contribution in [0.5, 0.6) is 0 Å². The summed E-state index contributed by atoms with van der Waals surface area (Å²) >= 11 is 0. The Labute approximate surface area is 192 Å². The third kappa shape index (κ3) is 3.39. The summed E-state index contributed by atoms with van der Waals surface area (Å²) in [6.07, 6.45) is 0.483. The number of para-hydroxylation sites is 1. The van der Waals surface area contributed by atoms with Gasteiger partial charge in [0.25, 0.3) is 5.91 Å². The Balaban J connectivity index is 1.72. The number of carbonyl (C=O) groups is 2. The summed E-state index contributed by atoms with van der Waals surface area (Å²) in [5.74, 6) is -1.19. The van der Waals surface area contributed by atoms with Gasteiger partial charge in [-0.05, 0) is 49.2 Å². The lowest BCUT2D eigenvalue weighted by Crippen LogP contribution is -2.52. The van der Waals surface area contributed by atoms with Crippen molar-refractivity contribution in [3.8, 4) is 0 Å². The fourth-order valence-corrected chi connectivity index (χ4v) is 5.51. The minimum absolute atomic E-state index is 0.0966. The highest BCUT2D eigenvalue weighted by Crippen LogP contribution is 2.58. The number of halogens is 1. The van der Waals surface area contributed by atoms with Crippen LogP contribution in [0.25, 0.3) is 0 Å². The molecule has 1 aliphatic heterocycles. The van der Waals surface area contributed by atoms with Gasteiger partial charge in [-0.15, -0.1) is 0 Å². The molecule has 1 amide bonds. The van der Waals surface area contributed by atoms with Gasteiger partial charge in [0.15, 0.2) is 0 Å². The fourth-order valence-electron chi connectivity index (χ4n) is 5.51. The molecule has 3 aromatic carbocycles. The molecule has 1 heterocycles. The van der Waals surface area contributed by atoms with Crippen molar-refractivity contribution in [2.45, 2.75) is 38.5 Å². The van der Waals surface area contributed by atoms with Gasteiger partial charge in [0.05, 0.1) is 11.4 Å². The largest absolute Gasteiger partial charge is 0.300 e. The summed E-state index contributed by atoms with van der Waals surface area (Å²) in [4.78, 5) is 27.4. The van der Waals surface area contributed by atoms with Crippen LogP contribution < -0.4 is 5.01 Å². The Morgan fingerprint density at radius 3 is 1.94 bits per heavy atom. The van der Waals surface area contributed by atoms with E-state index in [0.717, 1.165) is 16.7 Å². The van der Waals surface area contributed by atoms with E-state index >= 15 is 0 Å². The van der Waals surface area contributed by atoms with E-state index in [1.807, 2.05) is 68.4 Å². The molecule has 3 aromatic rings. The third-order valence-corrected chi connectivity index (χ3v) is 7.11. The quantitative estimate of drug-likeness (QED) is 0.519. The summed E-state index contributed by atoms with van der Waals surface area (Å²) in [5, 5.41) is 6.22. The second-order valence-corrected chi connectivity index (χ2v) is 9.02. The fraction of sp³-hybridized carbons (Fsp3) is 0.250.